The summed E-state index contributed by atoms with van der Waals surface area (Å²) in [6.07, 6.45) is 8.98. The third kappa shape index (κ3) is 4.90. The molecule has 1 amide bonds. The van der Waals surface area contributed by atoms with E-state index in [0.717, 1.165) is 35.8 Å². The van der Waals surface area contributed by atoms with E-state index in [4.69, 9.17) is 9.84 Å². The maximum absolute atomic E-state index is 13.5. The Morgan fingerprint density at radius 3 is 2.74 bits per heavy atom. The first-order valence-electron chi connectivity index (χ1n) is 12.0. The van der Waals surface area contributed by atoms with Gasteiger partial charge in [-0.05, 0) is 67.4 Å². The number of fused-ring (bicyclic) bond motifs is 3. The van der Waals surface area contributed by atoms with Crippen molar-refractivity contribution in [2.75, 3.05) is 0 Å². The molecule has 0 saturated heterocycles. The van der Waals surface area contributed by atoms with Gasteiger partial charge in [0.25, 0.3) is 5.91 Å². The van der Waals surface area contributed by atoms with Crippen molar-refractivity contribution in [1.29, 1.82) is 0 Å². The first kappa shape index (κ1) is 24.5. The number of aliphatic carboxylic acids is 1. The lowest BCUT2D eigenvalue weighted by molar-refractivity contribution is -0.137. The molecular weight excluding hydrogens is 450 g/mol. The molecule has 2 N–H and O–H groups in total. The van der Waals surface area contributed by atoms with E-state index in [2.05, 4.69) is 31.3 Å². The number of rotatable bonds is 9. The lowest BCUT2D eigenvalue weighted by atomic mass is 9.44. The first-order valence-corrected chi connectivity index (χ1v) is 12.9. The van der Waals surface area contributed by atoms with E-state index in [-0.39, 0.29) is 29.8 Å². The standard InChI is InChI=1S/C27H33NO5S/c1-16(29)33-22-15-34-25-19(22)10-8-11-20(25)26(32)28-24-17(9-6-4-5-7-12-23(30)31)13-18-14-21(24)27(18,2)3/h4,6,8,10-11,15,17-18,21,24H,5,7,9,12-14H2,1-3H3,(H,28,32)(H,30,31)/t17-,18+,21+,24?/m0/s1. The number of thiophene rings is 1. The second kappa shape index (κ2) is 9.90. The monoisotopic (exact) mass is 483 g/mol. The smallest absolute Gasteiger partial charge is 0.308 e. The number of unbranched alkanes of at least 4 members (excludes halogenated alkanes) is 1. The van der Waals surface area contributed by atoms with Gasteiger partial charge in [0.2, 0.25) is 0 Å². The van der Waals surface area contributed by atoms with E-state index in [1.165, 1.54) is 18.3 Å². The van der Waals surface area contributed by atoms with Crippen LogP contribution >= 0.6 is 11.3 Å². The molecule has 3 saturated carbocycles. The maximum Gasteiger partial charge on any atom is 0.308 e. The van der Waals surface area contributed by atoms with Crippen LogP contribution in [0.5, 0.6) is 5.75 Å². The molecule has 2 aromatic rings. The lowest BCUT2D eigenvalue weighted by Crippen LogP contribution is -2.63. The van der Waals surface area contributed by atoms with Crippen molar-refractivity contribution in [3.63, 3.8) is 0 Å². The highest BCUT2D eigenvalue weighted by molar-refractivity contribution is 7.18. The van der Waals surface area contributed by atoms with Crippen LogP contribution in [-0.4, -0.2) is 29.0 Å². The van der Waals surface area contributed by atoms with Gasteiger partial charge in [0.1, 0.15) is 5.75 Å². The average Bonchev–Trinajstić information content (AvgIpc) is 3.18. The Hall–Kier alpha value is -2.67. The minimum Gasteiger partial charge on any atom is -0.481 e. The number of carboxylic acid groups (broad SMARTS) is 1. The minimum absolute atomic E-state index is 0.0802. The minimum atomic E-state index is -0.758. The fraction of sp³-hybridized carbons (Fsp3) is 0.519. The van der Waals surface area contributed by atoms with Crippen molar-refractivity contribution in [3.05, 3.63) is 41.3 Å². The first-order chi connectivity index (χ1) is 16.2. The number of amides is 1. The predicted molar refractivity (Wildman–Crippen MR) is 133 cm³/mol. The number of carbonyl (C=O) groups is 3. The Balaban J connectivity index is 1.49. The molecule has 5 rings (SSSR count). The molecule has 1 aromatic carbocycles. The SMILES string of the molecule is CC(=O)Oc1csc2c(C(=O)NC3[C@@H](CC=CCCCC(=O)O)C[C@@H]4C[C@H]3C4(C)C)cccc12. The summed E-state index contributed by atoms with van der Waals surface area (Å²) in [5, 5.41) is 14.7. The number of hydrogen-bond donors (Lipinski definition) is 2. The van der Waals surface area contributed by atoms with Crippen LogP contribution in [0.25, 0.3) is 10.1 Å². The van der Waals surface area contributed by atoms with Gasteiger partial charge in [-0.3, -0.25) is 14.4 Å². The van der Waals surface area contributed by atoms with E-state index in [9.17, 15) is 14.4 Å². The van der Waals surface area contributed by atoms with Gasteiger partial charge in [-0.15, -0.1) is 11.3 Å². The van der Waals surface area contributed by atoms with Crippen molar-refractivity contribution in [2.24, 2.45) is 23.2 Å². The summed E-state index contributed by atoms with van der Waals surface area (Å²) in [6, 6.07) is 5.64. The fourth-order valence-corrected chi connectivity index (χ4v) is 6.79. The highest BCUT2D eigenvalue weighted by atomic mass is 32.1. The molecular formula is C27H33NO5S. The topological polar surface area (TPSA) is 92.7 Å². The molecule has 3 fully saturated rings. The quantitative estimate of drug-likeness (QED) is 0.267. The van der Waals surface area contributed by atoms with Crippen molar-refractivity contribution in [1.82, 2.24) is 5.32 Å². The Labute approximate surface area is 204 Å². The average molecular weight is 484 g/mol. The van der Waals surface area contributed by atoms with Crippen LogP contribution in [0.4, 0.5) is 0 Å². The second-order valence-corrected chi connectivity index (χ2v) is 11.1. The third-order valence-corrected chi connectivity index (χ3v) is 8.81. The van der Waals surface area contributed by atoms with Gasteiger partial charge in [-0.2, -0.15) is 0 Å². The molecule has 3 aliphatic carbocycles. The summed E-state index contributed by atoms with van der Waals surface area (Å²) in [6.45, 7) is 6.00. The van der Waals surface area contributed by atoms with Crippen LogP contribution in [0.1, 0.15) is 69.7 Å². The van der Waals surface area contributed by atoms with E-state index >= 15 is 0 Å². The number of benzene rings is 1. The number of hydrogen-bond acceptors (Lipinski definition) is 5. The van der Waals surface area contributed by atoms with Gasteiger partial charge in [0.15, 0.2) is 0 Å². The Kier molecular flexibility index (Phi) is 7.12. The molecule has 0 spiro atoms. The van der Waals surface area contributed by atoms with Gasteiger partial charge < -0.3 is 15.2 Å². The van der Waals surface area contributed by atoms with Gasteiger partial charge in [0.05, 0.1) is 10.3 Å². The molecule has 1 unspecified atom stereocenters. The molecule has 1 heterocycles. The van der Waals surface area contributed by atoms with Crippen LogP contribution < -0.4 is 10.1 Å². The van der Waals surface area contributed by atoms with Gasteiger partial charge in [-0.25, -0.2) is 0 Å². The number of carboxylic acids is 1. The summed E-state index contributed by atoms with van der Waals surface area (Å²) < 4.78 is 6.13. The van der Waals surface area contributed by atoms with Crippen LogP contribution in [0.3, 0.4) is 0 Å². The molecule has 2 bridgehead atoms. The van der Waals surface area contributed by atoms with Gasteiger partial charge in [0, 0.05) is 30.2 Å². The van der Waals surface area contributed by atoms with Gasteiger partial charge in [-0.1, -0.05) is 32.1 Å². The van der Waals surface area contributed by atoms with E-state index < -0.39 is 5.97 Å². The Morgan fingerprint density at radius 2 is 2.03 bits per heavy atom. The van der Waals surface area contributed by atoms with E-state index in [0.29, 0.717) is 35.5 Å². The summed E-state index contributed by atoms with van der Waals surface area (Å²) in [7, 11) is 0. The molecule has 1 aromatic heterocycles. The van der Waals surface area contributed by atoms with Crippen molar-refractivity contribution < 1.29 is 24.2 Å². The predicted octanol–water partition coefficient (Wildman–Crippen LogP) is 5.81. The molecule has 0 aliphatic heterocycles. The highest BCUT2D eigenvalue weighted by Gasteiger charge is 2.57. The van der Waals surface area contributed by atoms with Crippen molar-refractivity contribution in [3.8, 4) is 5.75 Å². The zero-order valence-corrected chi connectivity index (χ0v) is 20.8. The van der Waals surface area contributed by atoms with Crippen LogP contribution in [-0.2, 0) is 9.59 Å². The normalized spacial score (nSPS) is 25.1. The van der Waals surface area contributed by atoms with Crippen LogP contribution in [0, 0.1) is 23.2 Å². The van der Waals surface area contributed by atoms with E-state index in [1.54, 1.807) is 5.38 Å². The second-order valence-electron chi connectivity index (χ2n) is 10.2. The number of carbonyl (C=O) groups excluding carboxylic acids is 2. The number of allylic oxidation sites excluding steroid dienone is 2. The van der Waals surface area contributed by atoms with Gasteiger partial charge >= 0.3 is 11.9 Å². The lowest BCUT2D eigenvalue weighted by Gasteiger charge is -2.62. The fourth-order valence-electron chi connectivity index (χ4n) is 5.80. The number of nitrogens with one attached hydrogen (secondary N) is 1. The molecule has 7 heteroatoms. The zero-order chi connectivity index (χ0) is 24.5. The van der Waals surface area contributed by atoms with Crippen LogP contribution in [0.15, 0.2) is 35.7 Å². The maximum atomic E-state index is 13.5. The molecule has 182 valence electrons. The summed E-state index contributed by atoms with van der Waals surface area (Å²) in [5.41, 5.74) is 0.833. The third-order valence-electron chi connectivity index (χ3n) is 7.80. The largest absolute Gasteiger partial charge is 0.481 e. The number of ether oxygens (including phenoxy) is 1. The zero-order valence-electron chi connectivity index (χ0n) is 20.0. The summed E-state index contributed by atoms with van der Waals surface area (Å²) in [4.78, 5) is 35.6. The van der Waals surface area contributed by atoms with Crippen LogP contribution in [0.2, 0.25) is 0 Å². The Morgan fingerprint density at radius 1 is 1.24 bits per heavy atom. The molecule has 0 radical (unpaired) electrons. The number of esters is 1. The van der Waals surface area contributed by atoms with Crippen molar-refractivity contribution >= 4 is 39.3 Å². The molecule has 6 nitrogen and oxygen atoms in total. The summed E-state index contributed by atoms with van der Waals surface area (Å²) >= 11 is 1.42. The summed E-state index contributed by atoms with van der Waals surface area (Å²) in [5.74, 6) is 0.777. The highest BCUT2D eigenvalue weighted by Crippen LogP contribution is 2.61. The molecule has 4 atom stereocenters. The van der Waals surface area contributed by atoms with Crippen molar-refractivity contribution in [2.45, 2.75) is 65.3 Å². The Bertz CT molecular complexity index is 1120. The molecule has 3 aliphatic rings. The molecule has 34 heavy (non-hydrogen) atoms. The van der Waals surface area contributed by atoms with E-state index in [1.807, 2.05) is 18.2 Å².